The standard InChI is InChI=1S/C11H17ClN2O/c1-15-8-3-2-7-14-11-9(12)5-4-6-10(11)13/h4-6,14H,2-3,7-8,13H2,1H3. The van der Waals surface area contributed by atoms with Gasteiger partial charge in [0, 0.05) is 20.3 Å². The van der Waals surface area contributed by atoms with Gasteiger partial charge < -0.3 is 15.8 Å². The van der Waals surface area contributed by atoms with Crippen molar-refractivity contribution >= 4 is 23.0 Å². The molecular weight excluding hydrogens is 212 g/mol. The summed E-state index contributed by atoms with van der Waals surface area (Å²) in [6.07, 6.45) is 2.08. The summed E-state index contributed by atoms with van der Waals surface area (Å²) in [5.41, 5.74) is 7.31. The van der Waals surface area contributed by atoms with E-state index in [0.29, 0.717) is 10.7 Å². The quantitative estimate of drug-likeness (QED) is 0.582. The van der Waals surface area contributed by atoms with E-state index in [4.69, 9.17) is 22.1 Å². The first kappa shape index (κ1) is 12.1. The Morgan fingerprint density at radius 1 is 1.40 bits per heavy atom. The fraction of sp³-hybridized carbons (Fsp3) is 0.455. The lowest BCUT2D eigenvalue weighted by Crippen LogP contribution is -2.05. The molecule has 84 valence electrons. The highest BCUT2D eigenvalue weighted by Gasteiger charge is 2.02. The highest BCUT2D eigenvalue weighted by Crippen LogP contribution is 2.27. The van der Waals surface area contributed by atoms with Gasteiger partial charge in [-0.25, -0.2) is 0 Å². The molecule has 0 aliphatic carbocycles. The van der Waals surface area contributed by atoms with Crippen LogP contribution in [0.5, 0.6) is 0 Å². The van der Waals surface area contributed by atoms with Crippen molar-refractivity contribution in [3.8, 4) is 0 Å². The number of hydrogen-bond acceptors (Lipinski definition) is 3. The Morgan fingerprint density at radius 2 is 2.20 bits per heavy atom. The Balaban J connectivity index is 2.37. The molecule has 0 aliphatic rings. The van der Waals surface area contributed by atoms with Gasteiger partial charge in [-0.1, -0.05) is 17.7 Å². The lowest BCUT2D eigenvalue weighted by molar-refractivity contribution is 0.194. The summed E-state index contributed by atoms with van der Waals surface area (Å²) in [6.45, 7) is 1.65. The third-order valence-electron chi connectivity index (χ3n) is 2.12. The summed E-state index contributed by atoms with van der Waals surface area (Å²) in [4.78, 5) is 0. The molecular formula is C11H17ClN2O. The lowest BCUT2D eigenvalue weighted by Gasteiger charge is -2.10. The third-order valence-corrected chi connectivity index (χ3v) is 2.44. The zero-order valence-electron chi connectivity index (χ0n) is 8.92. The number of anilines is 2. The Hall–Kier alpha value is -0.930. The molecule has 0 heterocycles. The Bertz CT molecular complexity index is 284. The van der Waals surface area contributed by atoms with Gasteiger partial charge in [0.05, 0.1) is 16.4 Å². The molecule has 0 fully saturated rings. The number of para-hydroxylation sites is 1. The van der Waals surface area contributed by atoms with Crippen molar-refractivity contribution in [2.24, 2.45) is 0 Å². The van der Waals surface area contributed by atoms with Gasteiger partial charge in [0.2, 0.25) is 0 Å². The first-order chi connectivity index (χ1) is 7.25. The van der Waals surface area contributed by atoms with Crippen molar-refractivity contribution in [1.82, 2.24) is 0 Å². The Morgan fingerprint density at radius 3 is 2.87 bits per heavy atom. The van der Waals surface area contributed by atoms with E-state index in [0.717, 1.165) is 31.7 Å². The van der Waals surface area contributed by atoms with Crippen molar-refractivity contribution in [2.45, 2.75) is 12.8 Å². The second-order valence-corrected chi connectivity index (χ2v) is 3.74. The molecule has 0 bridgehead atoms. The van der Waals surface area contributed by atoms with E-state index in [-0.39, 0.29) is 0 Å². The van der Waals surface area contributed by atoms with Crippen molar-refractivity contribution < 1.29 is 4.74 Å². The number of methoxy groups -OCH3 is 1. The summed E-state index contributed by atoms with van der Waals surface area (Å²) >= 11 is 6.00. The minimum absolute atomic E-state index is 0.668. The monoisotopic (exact) mass is 228 g/mol. The van der Waals surface area contributed by atoms with Gasteiger partial charge in [-0.2, -0.15) is 0 Å². The number of nitrogens with one attached hydrogen (secondary N) is 1. The van der Waals surface area contributed by atoms with Crippen LogP contribution in [-0.4, -0.2) is 20.3 Å². The fourth-order valence-corrected chi connectivity index (χ4v) is 1.56. The Kier molecular flexibility index (Phi) is 5.29. The second-order valence-electron chi connectivity index (χ2n) is 3.33. The van der Waals surface area contributed by atoms with E-state index in [9.17, 15) is 0 Å². The fourth-order valence-electron chi connectivity index (χ4n) is 1.31. The van der Waals surface area contributed by atoms with Crippen LogP contribution in [0.15, 0.2) is 18.2 Å². The van der Waals surface area contributed by atoms with Gasteiger partial charge >= 0.3 is 0 Å². The highest BCUT2D eigenvalue weighted by atomic mass is 35.5. The molecule has 1 aromatic carbocycles. The predicted octanol–water partition coefficient (Wildman–Crippen LogP) is 2.76. The van der Waals surface area contributed by atoms with Crippen LogP contribution in [0.2, 0.25) is 5.02 Å². The maximum Gasteiger partial charge on any atom is 0.0763 e. The molecule has 0 aromatic heterocycles. The molecule has 0 amide bonds. The Labute approximate surface area is 95.6 Å². The number of unbranched alkanes of at least 4 members (excludes halogenated alkanes) is 1. The molecule has 0 unspecified atom stereocenters. The smallest absolute Gasteiger partial charge is 0.0763 e. The maximum atomic E-state index is 6.00. The van der Waals surface area contributed by atoms with Crippen LogP contribution in [0.25, 0.3) is 0 Å². The van der Waals surface area contributed by atoms with E-state index in [1.807, 2.05) is 18.2 Å². The van der Waals surface area contributed by atoms with Crippen LogP contribution in [0.4, 0.5) is 11.4 Å². The number of hydrogen-bond donors (Lipinski definition) is 2. The van der Waals surface area contributed by atoms with Crippen LogP contribution in [0.1, 0.15) is 12.8 Å². The third kappa shape index (κ3) is 3.98. The minimum Gasteiger partial charge on any atom is -0.397 e. The molecule has 0 radical (unpaired) electrons. The van der Waals surface area contributed by atoms with Crippen LogP contribution >= 0.6 is 11.6 Å². The zero-order valence-corrected chi connectivity index (χ0v) is 9.68. The van der Waals surface area contributed by atoms with E-state index < -0.39 is 0 Å². The lowest BCUT2D eigenvalue weighted by atomic mass is 10.2. The van der Waals surface area contributed by atoms with Crippen LogP contribution in [0.3, 0.4) is 0 Å². The number of rotatable bonds is 6. The van der Waals surface area contributed by atoms with Crippen LogP contribution in [-0.2, 0) is 4.74 Å². The second kappa shape index (κ2) is 6.53. The van der Waals surface area contributed by atoms with Crippen LogP contribution < -0.4 is 11.1 Å². The molecule has 0 atom stereocenters. The number of nitrogens with two attached hydrogens (primary N) is 1. The SMILES string of the molecule is COCCCCNc1c(N)cccc1Cl. The number of halogens is 1. The van der Waals surface area contributed by atoms with E-state index in [2.05, 4.69) is 5.32 Å². The van der Waals surface area contributed by atoms with Crippen molar-refractivity contribution in [3.05, 3.63) is 23.2 Å². The summed E-state index contributed by atoms with van der Waals surface area (Å²) in [7, 11) is 1.71. The van der Waals surface area contributed by atoms with Gasteiger partial charge in [0.15, 0.2) is 0 Å². The molecule has 0 spiro atoms. The molecule has 0 aliphatic heterocycles. The molecule has 0 saturated heterocycles. The first-order valence-electron chi connectivity index (χ1n) is 5.02. The minimum atomic E-state index is 0.668. The van der Waals surface area contributed by atoms with Gasteiger partial charge in [-0.3, -0.25) is 0 Å². The summed E-state index contributed by atoms with van der Waals surface area (Å²) in [5, 5.41) is 3.90. The average Bonchev–Trinajstić information content (AvgIpc) is 2.21. The normalized spacial score (nSPS) is 10.3. The first-order valence-corrected chi connectivity index (χ1v) is 5.40. The highest BCUT2D eigenvalue weighted by molar-refractivity contribution is 6.33. The van der Waals surface area contributed by atoms with Crippen molar-refractivity contribution in [2.75, 3.05) is 31.3 Å². The van der Waals surface area contributed by atoms with E-state index in [1.54, 1.807) is 7.11 Å². The zero-order chi connectivity index (χ0) is 11.1. The van der Waals surface area contributed by atoms with E-state index >= 15 is 0 Å². The maximum absolute atomic E-state index is 6.00. The topological polar surface area (TPSA) is 47.3 Å². The van der Waals surface area contributed by atoms with Gasteiger partial charge in [0.1, 0.15) is 0 Å². The summed E-state index contributed by atoms with van der Waals surface area (Å²) in [5.74, 6) is 0. The summed E-state index contributed by atoms with van der Waals surface area (Å²) < 4.78 is 4.96. The number of benzene rings is 1. The molecule has 4 heteroatoms. The van der Waals surface area contributed by atoms with Gasteiger partial charge in [-0.15, -0.1) is 0 Å². The predicted molar refractivity (Wildman–Crippen MR) is 65.5 cm³/mol. The molecule has 3 N–H and O–H groups in total. The largest absolute Gasteiger partial charge is 0.397 e. The van der Waals surface area contributed by atoms with Gasteiger partial charge in [0.25, 0.3) is 0 Å². The van der Waals surface area contributed by atoms with Crippen molar-refractivity contribution in [3.63, 3.8) is 0 Å². The van der Waals surface area contributed by atoms with Crippen molar-refractivity contribution in [1.29, 1.82) is 0 Å². The number of nitrogen functional groups attached to an aromatic ring is 1. The van der Waals surface area contributed by atoms with E-state index in [1.165, 1.54) is 0 Å². The summed E-state index contributed by atoms with van der Waals surface area (Å²) in [6, 6.07) is 5.51. The molecule has 15 heavy (non-hydrogen) atoms. The molecule has 3 nitrogen and oxygen atoms in total. The van der Waals surface area contributed by atoms with Gasteiger partial charge in [-0.05, 0) is 25.0 Å². The van der Waals surface area contributed by atoms with Crippen LogP contribution in [0, 0.1) is 0 Å². The average molecular weight is 229 g/mol. The molecule has 0 saturated carbocycles. The molecule has 1 aromatic rings. The number of ether oxygens (including phenoxy) is 1. The molecule has 1 rings (SSSR count).